The van der Waals surface area contributed by atoms with Crippen molar-refractivity contribution in [1.29, 1.82) is 0 Å². The number of thiazole rings is 1. The van der Waals surface area contributed by atoms with E-state index in [0.29, 0.717) is 23.7 Å². The molecule has 146 valence electrons. The minimum Gasteiger partial charge on any atom is -0.395 e. The van der Waals surface area contributed by atoms with Gasteiger partial charge in [-0.15, -0.1) is 0 Å². The van der Waals surface area contributed by atoms with Crippen LogP contribution in [-0.2, 0) is 4.74 Å². The summed E-state index contributed by atoms with van der Waals surface area (Å²) in [6, 6.07) is 10.9. The summed E-state index contributed by atoms with van der Waals surface area (Å²) in [6.45, 7) is 3.50. The predicted molar refractivity (Wildman–Crippen MR) is 110 cm³/mol. The number of benzene rings is 1. The highest BCUT2D eigenvalue weighted by Crippen LogP contribution is 2.31. The van der Waals surface area contributed by atoms with E-state index in [1.807, 2.05) is 18.2 Å². The molecule has 0 aliphatic carbocycles. The monoisotopic (exact) mass is 399 g/mol. The first kappa shape index (κ1) is 18.6. The Morgan fingerprint density at radius 2 is 2.07 bits per heavy atom. The van der Waals surface area contributed by atoms with Gasteiger partial charge < -0.3 is 25.4 Å². The number of carbonyl (C=O) groups excluding carboxylic acids is 1. The lowest BCUT2D eigenvalue weighted by Gasteiger charge is -2.25. The van der Waals surface area contributed by atoms with Gasteiger partial charge in [0.25, 0.3) is 5.91 Å². The van der Waals surface area contributed by atoms with E-state index in [1.54, 1.807) is 29.5 Å². The van der Waals surface area contributed by atoms with Crippen molar-refractivity contribution in [2.24, 2.45) is 0 Å². The number of ether oxygens (including phenoxy) is 1. The fraction of sp³-hybridized carbons (Fsp3) is 0.316. The molecular weight excluding hydrogens is 378 g/mol. The van der Waals surface area contributed by atoms with Crippen molar-refractivity contribution in [1.82, 2.24) is 9.97 Å². The van der Waals surface area contributed by atoms with Crippen LogP contribution in [-0.4, -0.2) is 60.4 Å². The number of carbonyl (C=O) groups is 1. The third-order valence-electron chi connectivity index (χ3n) is 4.32. The fourth-order valence-electron chi connectivity index (χ4n) is 2.92. The van der Waals surface area contributed by atoms with Crippen LogP contribution in [0.15, 0.2) is 36.4 Å². The van der Waals surface area contributed by atoms with Crippen LogP contribution in [0.3, 0.4) is 0 Å². The van der Waals surface area contributed by atoms with Crippen LogP contribution in [0.4, 0.5) is 16.6 Å². The van der Waals surface area contributed by atoms with Gasteiger partial charge in [-0.25, -0.2) is 9.97 Å². The van der Waals surface area contributed by atoms with Crippen molar-refractivity contribution >= 4 is 44.1 Å². The van der Waals surface area contributed by atoms with Crippen LogP contribution >= 0.6 is 11.3 Å². The highest BCUT2D eigenvalue weighted by Gasteiger charge is 2.16. The van der Waals surface area contributed by atoms with E-state index >= 15 is 0 Å². The lowest BCUT2D eigenvalue weighted by molar-refractivity contribution is 0.102. The maximum Gasteiger partial charge on any atom is 0.274 e. The number of aliphatic hydroxyl groups excluding tert-OH is 1. The molecule has 1 aliphatic rings. The second kappa shape index (κ2) is 8.51. The first-order valence-electron chi connectivity index (χ1n) is 9.09. The van der Waals surface area contributed by atoms with Crippen LogP contribution < -0.4 is 15.5 Å². The molecule has 0 unspecified atom stereocenters. The highest BCUT2D eigenvalue weighted by molar-refractivity contribution is 7.22. The quantitative estimate of drug-likeness (QED) is 0.584. The van der Waals surface area contributed by atoms with E-state index in [9.17, 15) is 4.79 Å². The minimum atomic E-state index is -0.287. The molecule has 2 aromatic heterocycles. The minimum absolute atomic E-state index is 0.000587. The molecule has 0 bridgehead atoms. The van der Waals surface area contributed by atoms with Crippen LogP contribution in [0.5, 0.6) is 0 Å². The average molecular weight is 399 g/mol. The zero-order valence-corrected chi connectivity index (χ0v) is 16.0. The third-order valence-corrected chi connectivity index (χ3v) is 5.40. The molecule has 3 heterocycles. The molecule has 0 spiro atoms. The third kappa shape index (κ3) is 4.22. The predicted octanol–water partition coefficient (Wildman–Crippen LogP) is 2.18. The van der Waals surface area contributed by atoms with Gasteiger partial charge in [-0.05, 0) is 30.3 Å². The summed E-state index contributed by atoms with van der Waals surface area (Å²) >= 11 is 1.61. The normalized spacial score (nSPS) is 14.2. The average Bonchev–Trinajstić information content (AvgIpc) is 3.16. The largest absolute Gasteiger partial charge is 0.395 e. The number of pyridine rings is 1. The van der Waals surface area contributed by atoms with Gasteiger partial charge in [0.1, 0.15) is 11.5 Å². The molecule has 1 amide bonds. The van der Waals surface area contributed by atoms with E-state index < -0.39 is 0 Å². The Hall–Kier alpha value is -2.75. The molecule has 1 saturated heterocycles. The second-order valence-electron chi connectivity index (χ2n) is 6.29. The summed E-state index contributed by atoms with van der Waals surface area (Å²) in [7, 11) is 0. The maximum atomic E-state index is 12.5. The number of nitrogens with zero attached hydrogens (tertiary/aromatic N) is 3. The smallest absolute Gasteiger partial charge is 0.274 e. The van der Waals surface area contributed by atoms with Gasteiger partial charge in [-0.1, -0.05) is 17.4 Å². The number of morpholine rings is 1. The molecular formula is C19H21N5O3S. The first-order chi connectivity index (χ1) is 13.7. The van der Waals surface area contributed by atoms with Crippen molar-refractivity contribution in [2.75, 3.05) is 55.0 Å². The molecule has 9 heteroatoms. The van der Waals surface area contributed by atoms with Gasteiger partial charge in [-0.2, -0.15) is 0 Å². The summed E-state index contributed by atoms with van der Waals surface area (Å²) in [5.74, 6) is 0.264. The summed E-state index contributed by atoms with van der Waals surface area (Å²) in [4.78, 5) is 23.7. The molecule has 3 aromatic rings. The Balaban J connectivity index is 1.49. The van der Waals surface area contributed by atoms with Crippen molar-refractivity contribution in [3.05, 3.63) is 42.1 Å². The van der Waals surface area contributed by atoms with E-state index in [0.717, 1.165) is 41.7 Å². The van der Waals surface area contributed by atoms with E-state index in [4.69, 9.17) is 14.8 Å². The fourth-order valence-corrected chi connectivity index (χ4v) is 3.98. The number of amides is 1. The molecule has 1 fully saturated rings. The lowest BCUT2D eigenvalue weighted by Crippen LogP contribution is -2.36. The lowest BCUT2D eigenvalue weighted by atomic mass is 10.2. The molecule has 4 rings (SSSR count). The summed E-state index contributed by atoms with van der Waals surface area (Å²) in [5.41, 5.74) is 1.92. The van der Waals surface area contributed by atoms with Gasteiger partial charge in [0, 0.05) is 25.3 Å². The van der Waals surface area contributed by atoms with Crippen molar-refractivity contribution in [3.63, 3.8) is 0 Å². The van der Waals surface area contributed by atoms with E-state index in [-0.39, 0.29) is 12.5 Å². The Kier molecular flexibility index (Phi) is 5.65. The standard InChI is InChI=1S/C19H21N5O3S/c25-9-6-20-17-3-1-2-15(22-17)18(26)21-13-4-5-14-16(12-13)28-19(23-14)24-7-10-27-11-8-24/h1-5,12,25H,6-11H2,(H,20,22)(H,21,26). The zero-order valence-electron chi connectivity index (χ0n) is 15.2. The Bertz CT molecular complexity index is 971. The van der Waals surface area contributed by atoms with Crippen molar-refractivity contribution < 1.29 is 14.6 Å². The topological polar surface area (TPSA) is 99.6 Å². The Morgan fingerprint density at radius 1 is 1.21 bits per heavy atom. The summed E-state index contributed by atoms with van der Waals surface area (Å²) in [6.07, 6.45) is 0. The van der Waals surface area contributed by atoms with Crippen molar-refractivity contribution in [2.45, 2.75) is 0 Å². The van der Waals surface area contributed by atoms with E-state index in [2.05, 4.69) is 20.5 Å². The van der Waals surface area contributed by atoms with Crippen LogP contribution in [0.25, 0.3) is 10.2 Å². The number of fused-ring (bicyclic) bond motifs is 1. The maximum absolute atomic E-state index is 12.5. The van der Waals surface area contributed by atoms with Crippen LogP contribution in [0, 0.1) is 0 Å². The van der Waals surface area contributed by atoms with Gasteiger partial charge in [0.2, 0.25) is 0 Å². The molecule has 1 aliphatic heterocycles. The molecule has 0 saturated carbocycles. The van der Waals surface area contributed by atoms with Gasteiger partial charge in [0.15, 0.2) is 5.13 Å². The van der Waals surface area contributed by atoms with Crippen LogP contribution in [0.1, 0.15) is 10.5 Å². The number of nitrogens with one attached hydrogen (secondary N) is 2. The first-order valence-corrected chi connectivity index (χ1v) is 9.91. The van der Waals surface area contributed by atoms with Gasteiger partial charge in [-0.3, -0.25) is 4.79 Å². The van der Waals surface area contributed by atoms with Crippen molar-refractivity contribution in [3.8, 4) is 0 Å². The number of anilines is 3. The molecule has 0 atom stereocenters. The molecule has 28 heavy (non-hydrogen) atoms. The number of aliphatic hydroxyl groups is 1. The number of aromatic nitrogens is 2. The summed E-state index contributed by atoms with van der Waals surface area (Å²) < 4.78 is 6.41. The number of rotatable bonds is 6. The number of hydrogen-bond acceptors (Lipinski definition) is 8. The highest BCUT2D eigenvalue weighted by atomic mass is 32.1. The zero-order chi connectivity index (χ0) is 19.3. The molecule has 0 radical (unpaired) electrons. The second-order valence-corrected chi connectivity index (χ2v) is 7.30. The summed E-state index contributed by atoms with van der Waals surface area (Å²) in [5, 5.41) is 15.7. The molecule has 3 N–H and O–H groups in total. The van der Waals surface area contributed by atoms with Crippen LogP contribution in [0.2, 0.25) is 0 Å². The SMILES string of the molecule is O=C(Nc1ccc2nc(N3CCOCC3)sc2c1)c1cccc(NCCO)n1. The van der Waals surface area contributed by atoms with E-state index in [1.165, 1.54) is 0 Å². The number of hydrogen-bond donors (Lipinski definition) is 3. The Labute approximate surface area is 166 Å². The molecule has 8 nitrogen and oxygen atoms in total. The van der Waals surface area contributed by atoms with Gasteiger partial charge in [0.05, 0.1) is 30.0 Å². The molecule has 1 aromatic carbocycles. The Morgan fingerprint density at radius 3 is 2.89 bits per heavy atom. The van der Waals surface area contributed by atoms with Gasteiger partial charge >= 0.3 is 0 Å².